The first-order valence-corrected chi connectivity index (χ1v) is 11.4. The van der Waals surface area contributed by atoms with Gasteiger partial charge in [-0.05, 0) is 76.2 Å². The standard InChI is InChI=1S/C29H24N4O2/c1-2-26(22-5-3-6-25(18-22)33-16-4-15-31-33)29(23-12-13-27-24(17-23)19-30-32-27)21-10-7-20(8-11-21)9-14-28(34)35/h3-19H,2H2,1H3,(H,30,32)(H,34,35)/b14-9+,29-26+. The first kappa shape index (κ1) is 22.1. The second-order valence-corrected chi connectivity index (χ2v) is 8.17. The highest BCUT2D eigenvalue weighted by atomic mass is 16.4. The number of carbonyl (C=O) groups is 1. The van der Waals surface area contributed by atoms with Gasteiger partial charge in [-0.25, -0.2) is 9.48 Å². The summed E-state index contributed by atoms with van der Waals surface area (Å²) in [6.45, 7) is 2.16. The Kier molecular flexibility index (Phi) is 6.09. The van der Waals surface area contributed by atoms with Gasteiger partial charge in [-0.3, -0.25) is 5.10 Å². The van der Waals surface area contributed by atoms with E-state index in [1.807, 2.05) is 53.5 Å². The molecule has 0 unspecified atom stereocenters. The molecule has 0 amide bonds. The quantitative estimate of drug-likeness (QED) is 0.223. The maximum atomic E-state index is 10.9. The number of aromatic nitrogens is 4. The van der Waals surface area contributed by atoms with E-state index in [4.69, 9.17) is 5.11 Å². The highest BCUT2D eigenvalue weighted by Crippen LogP contribution is 2.36. The van der Waals surface area contributed by atoms with Crippen molar-refractivity contribution in [2.45, 2.75) is 13.3 Å². The molecule has 0 aliphatic rings. The maximum Gasteiger partial charge on any atom is 0.328 e. The van der Waals surface area contributed by atoms with Gasteiger partial charge in [-0.15, -0.1) is 0 Å². The smallest absolute Gasteiger partial charge is 0.328 e. The van der Waals surface area contributed by atoms with Crippen molar-refractivity contribution in [3.8, 4) is 5.69 Å². The van der Waals surface area contributed by atoms with E-state index in [0.29, 0.717) is 0 Å². The Morgan fingerprint density at radius 2 is 1.83 bits per heavy atom. The summed E-state index contributed by atoms with van der Waals surface area (Å²) in [6, 6.07) is 24.6. The third kappa shape index (κ3) is 4.68. The van der Waals surface area contributed by atoms with Crippen LogP contribution in [-0.2, 0) is 4.79 Å². The number of fused-ring (bicyclic) bond motifs is 1. The van der Waals surface area contributed by atoms with Gasteiger partial charge in [0.2, 0.25) is 0 Å². The summed E-state index contributed by atoms with van der Waals surface area (Å²) >= 11 is 0. The average Bonchev–Trinajstić information content (AvgIpc) is 3.58. The Balaban J connectivity index is 1.69. The van der Waals surface area contributed by atoms with Crippen LogP contribution in [0.4, 0.5) is 0 Å². The molecule has 5 rings (SSSR count). The van der Waals surface area contributed by atoms with Crippen molar-refractivity contribution in [2.24, 2.45) is 0 Å². The lowest BCUT2D eigenvalue weighted by Gasteiger charge is -2.17. The molecule has 6 nitrogen and oxygen atoms in total. The average molecular weight is 461 g/mol. The fourth-order valence-electron chi connectivity index (χ4n) is 4.32. The zero-order valence-corrected chi connectivity index (χ0v) is 19.2. The molecule has 2 heterocycles. The van der Waals surface area contributed by atoms with Gasteiger partial charge in [0.25, 0.3) is 0 Å². The lowest BCUT2D eigenvalue weighted by molar-refractivity contribution is -0.131. The summed E-state index contributed by atoms with van der Waals surface area (Å²) < 4.78 is 1.86. The fraction of sp³-hybridized carbons (Fsp3) is 0.0690. The van der Waals surface area contributed by atoms with Crippen LogP contribution in [0.2, 0.25) is 0 Å². The summed E-state index contributed by atoms with van der Waals surface area (Å²) in [7, 11) is 0. The molecule has 0 atom stereocenters. The number of hydrogen-bond donors (Lipinski definition) is 2. The molecule has 2 aromatic heterocycles. The molecule has 3 aromatic carbocycles. The van der Waals surface area contributed by atoms with Crippen molar-refractivity contribution >= 4 is 34.1 Å². The van der Waals surface area contributed by atoms with Gasteiger partial charge in [-0.1, -0.05) is 49.4 Å². The number of hydrogen-bond acceptors (Lipinski definition) is 3. The second-order valence-electron chi connectivity index (χ2n) is 8.17. The lowest BCUT2D eigenvalue weighted by atomic mass is 9.87. The Morgan fingerprint density at radius 3 is 2.57 bits per heavy atom. The third-order valence-electron chi connectivity index (χ3n) is 5.97. The predicted molar refractivity (Wildman–Crippen MR) is 139 cm³/mol. The van der Waals surface area contributed by atoms with Crippen molar-refractivity contribution < 1.29 is 9.90 Å². The molecule has 35 heavy (non-hydrogen) atoms. The van der Waals surface area contributed by atoms with E-state index in [2.05, 4.69) is 58.6 Å². The molecule has 0 saturated heterocycles. The number of allylic oxidation sites excluding steroid dienone is 1. The lowest BCUT2D eigenvalue weighted by Crippen LogP contribution is -1.98. The normalized spacial score (nSPS) is 12.3. The maximum absolute atomic E-state index is 10.9. The Hall–Kier alpha value is -4.71. The van der Waals surface area contributed by atoms with Gasteiger partial charge in [0, 0.05) is 23.9 Å². The number of benzene rings is 3. The minimum Gasteiger partial charge on any atom is -0.478 e. The van der Waals surface area contributed by atoms with E-state index >= 15 is 0 Å². The van der Waals surface area contributed by atoms with Gasteiger partial charge < -0.3 is 5.11 Å². The first-order valence-electron chi connectivity index (χ1n) is 11.4. The van der Waals surface area contributed by atoms with Gasteiger partial charge in [-0.2, -0.15) is 10.2 Å². The van der Waals surface area contributed by atoms with Crippen LogP contribution in [0, 0.1) is 0 Å². The van der Waals surface area contributed by atoms with Crippen LogP contribution in [0.25, 0.3) is 33.8 Å². The van der Waals surface area contributed by atoms with E-state index in [1.54, 1.807) is 12.3 Å². The predicted octanol–water partition coefficient (Wildman–Crippen LogP) is 6.22. The minimum absolute atomic E-state index is 0.821. The highest BCUT2D eigenvalue weighted by Gasteiger charge is 2.15. The van der Waals surface area contributed by atoms with Crippen molar-refractivity contribution in [1.29, 1.82) is 0 Å². The number of carboxylic acids is 1. The number of aliphatic carboxylic acids is 1. The molecule has 0 bridgehead atoms. The number of aromatic amines is 1. The van der Waals surface area contributed by atoms with Crippen molar-refractivity contribution in [3.05, 3.63) is 120 Å². The molecular formula is C29H24N4O2. The van der Waals surface area contributed by atoms with Gasteiger partial charge in [0.05, 0.1) is 17.4 Å². The number of nitrogens with zero attached hydrogens (tertiary/aromatic N) is 3. The zero-order chi connectivity index (χ0) is 24.2. The van der Waals surface area contributed by atoms with Crippen molar-refractivity contribution in [1.82, 2.24) is 20.0 Å². The second kappa shape index (κ2) is 9.65. The van der Waals surface area contributed by atoms with Crippen LogP contribution in [0.5, 0.6) is 0 Å². The number of rotatable bonds is 7. The van der Waals surface area contributed by atoms with E-state index in [9.17, 15) is 4.79 Å². The molecule has 0 radical (unpaired) electrons. The van der Waals surface area contributed by atoms with Crippen LogP contribution in [-0.4, -0.2) is 31.1 Å². The molecular weight excluding hydrogens is 436 g/mol. The molecule has 2 N–H and O–H groups in total. The molecule has 0 fully saturated rings. The molecule has 172 valence electrons. The highest BCUT2D eigenvalue weighted by molar-refractivity contribution is 6.00. The monoisotopic (exact) mass is 460 g/mol. The molecule has 5 aromatic rings. The van der Waals surface area contributed by atoms with E-state index in [0.717, 1.165) is 56.9 Å². The van der Waals surface area contributed by atoms with Gasteiger partial charge in [0.1, 0.15) is 0 Å². The first-order chi connectivity index (χ1) is 17.1. The molecule has 0 aliphatic heterocycles. The van der Waals surface area contributed by atoms with Crippen LogP contribution >= 0.6 is 0 Å². The topological polar surface area (TPSA) is 83.8 Å². The molecule has 6 heteroatoms. The summed E-state index contributed by atoms with van der Waals surface area (Å²) in [5.41, 5.74) is 8.42. The SMILES string of the molecule is CC/C(=C(/c1ccc(/C=C/C(=O)O)cc1)c1ccc2[nH]ncc2c1)c1cccc(-n2cccn2)c1. The van der Waals surface area contributed by atoms with Crippen LogP contribution < -0.4 is 0 Å². The molecule has 0 saturated carbocycles. The van der Waals surface area contributed by atoms with Gasteiger partial charge >= 0.3 is 5.97 Å². The fourth-order valence-corrected chi connectivity index (χ4v) is 4.32. The molecule has 0 spiro atoms. The minimum atomic E-state index is -0.964. The third-order valence-corrected chi connectivity index (χ3v) is 5.97. The van der Waals surface area contributed by atoms with E-state index < -0.39 is 5.97 Å². The molecule has 0 aliphatic carbocycles. The Labute approximate surface area is 202 Å². The van der Waals surface area contributed by atoms with Crippen LogP contribution in [0.1, 0.15) is 35.6 Å². The number of H-pyrrole nitrogens is 1. The van der Waals surface area contributed by atoms with Crippen molar-refractivity contribution in [2.75, 3.05) is 0 Å². The largest absolute Gasteiger partial charge is 0.478 e. The number of nitrogens with one attached hydrogen (secondary N) is 1. The van der Waals surface area contributed by atoms with Crippen molar-refractivity contribution in [3.63, 3.8) is 0 Å². The van der Waals surface area contributed by atoms with E-state index in [-0.39, 0.29) is 0 Å². The van der Waals surface area contributed by atoms with Gasteiger partial charge in [0.15, 0.2) is 0 Å². The summed E-state index contributed by atoms with van der Waals surface area (Å²) in [5.74, 6) is -0.964. The summed E-state index contributed by atoms with van der Waals surface area (Å²) in [4.78, 5) is 10.9. The Morgan fingerprint density at radius 1 is 1.00 bits per heavy atom. The van der Waals surface area contributed by atoms with Crippen LogP contribution in [0.3, 0.4) is 0 Å². The Bertz CT molecular complexity index is 1540. The summed E-state index contributed by atoms with van der Waals surface area (Å²) in [6.07, 6.45) is 9.11. The van der Waals surface area contributed by atoms with Crippen LogP contribution in [0.15, 0.2) is 97.5 Å². The number of carboxylic acid groups (broad SMARTS) is 1. The zero-order valence-electron chi connectivity index (χ0n) is 19.2. The summed E-state index contributed by atoms with van der Waals surface area (Å²) in [5, 5.41) is 21.6. The van der Waals surface area contributed by atoms with E-state index in [1.165, 1.54) is 5.57 Å².